The van der Waals surface area contributed by atoms with Gasteiger partial charge >= 0.3 is 35.6 Å². The van der Waals surface area contributed by atoms with Crippen LogP contribution in [-0.2, 0) is 16.7 Å². The third-order valence-electron chi connectivity index (χ3n) is 3.74. The van der Waals surface area contributed by atoms with E-state index in [2.05, 4.69) is 45.9 Å². The third-order valence-corrected chi connectivity index (χ3v) is 4.45. The van der Waals surface area contributed by atoms with Gasteiger partial charge in [-0.05, 0) is 25.1 Å². The Morgan fingerprint density at radius 3 is 2.24 bits per heavy atom. The van der Waals surface area contributed by atoms with Gasteiger partial charge in [-0.3, -0.25) is 0 Å². The summed E-state index contributed by atoms with van der Waals surface area (Å²) >= 11 is 0. The molecule has 4 N–H and O–H groups in total. The largest absolute Gasteiger partial charge is 1.00 e. The van der Waals surface area contributed by atoms with E-state index in [1.807, 2.05) is 0 Å². The molecule has 0 aliphatic rings. The van der Waals surface area contributed by atoms with Gasteiger partial charge in [0.25, 0.3) is 0 Å². The second-order valence-corrected chi connectivity index (χ2v) is 7.79. The van der Waals surface area contributed by atoms with Crippen molar-refractivity contribution in [2.75, 3.05) is 35.4 Å². The van der Waals surface area contributed by atoms with E-state index < -0.39 is 15.9 Å². The summed E-state index contributed by atoms with van der Waals surface area (Å²) in [7, 11) is -3.00. The molecule has 14 nitrogen and oxygen atoms in total. The van der Waals surface area contributed by atoms with Crippen LogP contribution in [0.15, 0.2) is 24.3 Å². The van der Waals surface area contributed by atoms with Gasteiger partial charge < -0.3 is 30.3 Å². The number of nitrogens with zero attached hydrogens (tertiary/aromatic N) is 6. The molecule has 2 aromatic heterocycles. The van der Waals surface area contributed by atoms with Crippen molar-refractivity contribution in [3.8, 4) is 6.01 Å². The van der Waals surface area contributed by atoms with Crippen LogP contribution in [0.25, 0.3) is 0 Å². The smallest absolute Gasteiger partial charge is 0.748 e. The Kier molecular flexibility index (Phi) is 9.63. The van der Waals surface area contributed by atoms with Crippen molar-refractivity contribution in [3.05, 3.63) is 35.9 Å². The Balaban J connectivity index is 0.00000385. The summed E-state index contributed by atoms with van der Waals surface area (Å²) in [5, 5.41) is 17.9. The van der Waals surface area contributed by atoms with Gasteiger partial charge in [-0.25, -0.2) is 13.4 Å². The first-order valence-electron chi connectivity index (χ1n) is 9.18. The van der Waals surface area contributed by atoms with E-state index in [9.17, 15) is 18.1 Å². The van der Waals surface area contributed by atoms with Crippen LogP contribution in [0.1, 0.15) is 11.6 Å². The van der Waals surface area contributed by atoms with Gasteiger partial charge in [0, 0.05) is 17.9 Å². The molecule has 33 heavy (non-hydrogen) atoms. The first-order chi connectivity index (χ1) is 15.2. The van der Waals surface area contributed by atoms with Crippen molar-refractivity contribution in [2.24, 2.45) is 0 Å². The first-order valence-corrected chi connectivity index (χ1v) is 10.8. The minimum atomic E-state index is -4.37. The SMILES string of the molecule is COc1nc(NCCS(=O)(=O)[O-])nc(Nc2cccc(Nc3nc(C)nc(CO)n3)c2)n1.[Na+]. The van der Waals surface area contributed by atoms with Crippen LogP contribution in [0.4, 0.5) is 29.2 Å². The van der Waals surface area contributed by atoms with Gasteiger partial charge in [-0.2, -0.15) is 24.9 Å². The minimum Gasteiger partial charge on any atom is -0.748 e. The zero-order valence-corrected chi connectivity index (χ0v) is 20.9. The average molecular weight is 485 g/mol. The standard InChI is InChI=1S/C17H21N9O5S.Na/c1-10-19-13(9-27)23-15(20-10)21-11-4-3-5-12(8-11)22-16-24-14(25-17(26-16)31-2)18-6-7-32(28,29)30;/h3-5,8,27H,6-7,9H2,1-2H3,(H,28,29,30)(H,19,20,21,23)(H2,18,22,24,25,26);/q;+1/p-1. The summed E-state index contributed by atoms with van der Waals surface area (Å²) in [6.45, 7) is 1.22. The molecule has 1 aromatic carbocycles. The maximum Gasteiger partial charge on any atom is 1.00 e. The number of aryl methyl sites for hydroxylation is 1. The van der Waals surface area contributed by atoms with Crippen LogP contribution in [0.3, 0.4) is 0 Å². The number of nitrogens with one attached hydrogen (secondary N) is 3. The molecule has 0 saturated carbocycles. The monoisotopic (exact) mass is 485 g/mol. The number of hydrogen-bond donors (Lipinski definition) is 4. The number of anilines is 5. The number of hydrogen-bond acceptors (Lipinski definition) is 14. The van der Waals surface area contributed by atoms with Crippen molar-refractivity contribution >= 4 is 39.3 Å². The van der Waals surface area contributed by atoms with E-state index in [1.54, 1.807) is 31.2 Å². The van der Waals surface area contributed by atoms with Crippen LogP contribution < -0.4 is 50.2 Å². The molecule has 0 fully saturated rings. The summed E-state index contributed by atoms with van der Waals surface area (Å²) in [5.41, 5.74) is 1.24. The van der Waals surface area contributed by atoms with Crippen molar-refractivity contribution in [1.82, 2.24) is 29.9 Å². The van der Waals surface area contributed by atoms with Crippen LogP contribution in [-0.4, -0.2) is 67.4 Å². The second kappa shape index (κ2) is 12.0. The Bertz CT molecular complexity index is 1200. The van der Waals surface area contributed by atoms with Gasteiger partial charge in [0.05, 0.1) is 23.0 Å². The maximum atomic E-state index is 10.8. The molecule has 3 aromatic rings. The summed E-state index contributed by atoms with van der Waals surface area (Å²) in [6, 6.07) is 7.04. The molecule has 0 saturated heterocycles. The van der Waals surface area contributed by atoms with Crippen LogP contribution in [0.2, 0.25) is 0 Å². The Morgan fingerprint density at radius 2 is 1.64 bits per heavy atom. The number of ether oxygens (including phenoxy) is 1. The fourth-order valence-corrected chi connectivity index (χ4v) is 2.82. The molecule has 0 radical (unpaired) electrons. The zero-order chi connectivity index (χ0) is 23.1. The Morgan fingerprint density at radius 1 is 1.00 bits per heavy atom. The van der Waals surface area contributed by atoms with E-state index in [4.69, 9.17) is 4.74 Å². The summed E-state index contributed by atoms with van der Waals surface area (Å²) in [4.78, 5) is 24.5. The van der Waals surface area contributed by atoms with Gasteiger partial charge in [0.2, 0.25) is 17.8 Å². The van der Waals surface area contributed by atoms with E-state index in [1.165, 1.54) is 7.11 Å². The fourth-order valence-electron chi connectivity index (χ4n) is 2.47. The molecule has 0 amide bonds. The number of aliphatic hydroxyl groups excluding tert-OH is 1. The molecule has 170 valence electrons. The first kappa shape index (κ1) is 26.6. The number of aliphatic hydroxyl groups is 1. The number of methoxy groups -OCH3 is 1. The van der Waals surface area contributed by atoms with Crippen LogP contribution in [0.5, 0.6) is 6.01 Å². The number of aromatic nitrogens is 6. The van der Waals surface area contributed by atoms with E-state index >= 15 is 0 Å². The predicted molar refractivity (Wildman–Crippen MR) is 113 cm³/mol. The quantitative estimate of drug-likeness (QED) is 0.171. The minimum absolute atomic E-state index is 0. The zero-order valence-electron chi connectivity index (χ0n) is 18.1. The molecule has 2 heterocycles. The predicted octanol–water partition coefficient (Wildman–Crippen LogP) is -2.69. The molecule has 0 aliphatic heterocycles. The molecule has 0 aliphatic carbocycles. The second-order valence-electron chi connectivity index (χ2n) is 6.27. The summed E-state index contributed by atoms with van der Waals surface area (Å²) in [5.74, 6) is 0.528. The number of benzene rings is 1. The molecule has 16 heteroatoms. The van der Waals surface area contributed by atoms with Crippen molar-refractivity contribution in [3.63, 3.8) is 0 Å². The Hall–Kier alpha value is -2.69. The van der Waals surface area contributed by atoms with Crippen molar-refractivity contribution in [1.29, 1.82) is 0 Å². The number of rotatable bonds is 10. The Labute approximate surface area is 211 Å². The average Bonchev–Trinajstić information content (AvgIpc) is 2.72. The summed E-state index contributed by atoms with van der Waals surface area (Å²) < 4.78 is 37.3. The van der Waals surface area contributed by atoms with Crippen LogP contribution >= 0.6 is 0 Å². The molecule has 3 rings (SSSR count). The molecule has 0 spiro atoms. The van der Waals surface area contributed by atoms with E-state index in [0.717, 1.165) is 0 Å². The topological polar surface area (TPSA) is 200 Å². The van der Waals surface area contributed by atoms with Gasteiger partial charge in [0.15, 0.2) is 5.82 Å². The molecule has 0 atom stereocenters. The van der Waals surface area contributed by atoms with Gasteiger partial charge in [-0.1, -0.05) is 6.07 Å². The molecule has 0 bridgehead atoms. The van der Waals surface area contributed by atoms with E-state index in [0.29, 0.717) is 17.2 Å². The summed E-state index contributed by atoms with van der Waals surface area (Å²) in [6.07, 6.45) is 0. The maximum absolute atomic E-state index is 10.8. The van der Waals surface area contributed by atoms with E-state index in [-0.39, 0.29) is 72.4 Å². The third kappa shape index (κ3) is 8.64. The van der Waals surface area contributed by atoms with Crippen LogP contribution in [0, 0.1) is 6.92 Å². The molecule has 0 unspecified atom stereocenters. The fraction of sp³-hybridized carbons (Fsp3) is 0.294. The molecular formula is C17H20N9NaO5S. The van der Waals surface area contributed by atoms with Gasteiger partial charge in [-0.15, -0.1) is 0 Å². The van der Waals surface area contributed by atoms with Crippen molar-refractivity contribution in [2.45, 2.75) is 13.5 Å². The van der Waals surface area contributed by atoms with Gasteiger partial charge in [0.1, 0.15) is 12.4 Å². The van der Waals surface area contributed by atoms with Crippen molar-refractivity contribution < 1.29 is 52.4 Å². The normalized spacial score (nSPS) is 10.8. The molecular weight excluding hydrogens is 465 g/mol.